The van der Waals surface area contributed by atoms with E-state index in [0.717, 1.165) is 17.0 Å². The van der Waals surface area contributed by atoms with Crippen LogP contribution >= 0.6 is 0 Å². The molecule has 0 saturated carbocycles. The zero-order valence-corrected chi connectivity index (χ0v) is 25.6. The molecule has 2 aromatic rings. The van der Waals surface area contributed by atoms with Crippen LogP contribution in [0.4, 0.5) is 23.7 Å². The van der Waals surface area contributed by atoms with Crippen LogP contribution in [0.15, 0.2) is 41.3 Å². The Hall–Kier alpha value is -3.89. The summed E-state index contributed by atoms with van der Waals surface area (Å²) < 4.78 is 77.6. The molecule has 3 N–H and O–H groups in total. The Labute approximate surface area is 258 Å². The lowest BCUT2D eigenvalue weighted by atomic mass is 9.87. The van der Waals surface area contributed by atoms with Gasteiger partial charge in [0.2, 0.25) is 0 Å². The van der Waals surface area contributed by atoms with Crippen LogP contribution in [0.2, 0.25) is 0 Å². The maximum Gasteiger partial charge on any atom is 0.416 e. The molecule has 0 unspecified atom stereocenters. The number of urea groups is 1. The predicted octanol–water partition coefficient (Wildman–Crippen LogP) is 3.26. The van der Waals surface area contributed by atoms with E-state index >= 15 is 0 Å². The normalized spacial score (nSPS) is 17.0. The number of hydrogen-bond acceptors (Lipinski definition) is 9. The van der Waals surface area contributed by atoms with E-state index in [9.17, 15) is 36.0 Å². The number of β-amino-alcohol motifs (C(OH)–C–C–N with tert-alkyl or cyclic N) is 1. The number of alkyl halides is 3. The number of imide groups is 1. The summed E-state index contributed by atoms with van der Waals surface area (Å²) in [4.78, 5) is 40.9. The molecule has 45 heavy (non-hydrogen) atoms. The average Bonchev–Trinajstić information content (AvgIpc) is 3.23. The second-order valence-corrected chi connectivity index (χ2v) is 12.5. The van der Waals surface area contributed by atoms with Crippen LogP contribution in [0.3, 0.4) is 0 Å². The third-order valence-electron chi connectivity index (χ3n) is 7.97. The highest BCUT2D eigenvalue weighted by Crippen LogP contribution is 2.36. The number of nitrogens with one attached hydrogen (secondary N) is 2. The zero-order chi connectivity index (χ0) is 33.0. The molecule has 3 amide bonds. The molecular formula is C29H35F3N4O8S. The first kappa shape index (κ1) is 34.0. The number of unbranched alkanes of at least 4 members (excludes halogenated alkanes) is 1. The molecule has 2 aliphatic heterocycles. The zero-order valence-electron chi connectivity index (χ0n) is 24.8. The van der Waals surface area contributed by atoms with Crippen LogP contribution in [-0.4, -0.2) is 93.6 Å². The van der Waals surface area contributed by atoms with Crippen molar-refractivity contribution in [2.45, 2.75) is 48.7 Å². The van der Waals surface area contributed by atoms with Crippen molar-refractivity contribution in [3.63, 3.8) is 0 Å². The number of ether oxygens (including phenoxy) is 2. The van der Waals surface area contributed by atoms with Crippen LogP contribution in [0.1, 0.15) is 48.0 Å². The molecule has 246 valence electrons. The van der Waals surface area contributed by atoms with E-state index in [0.29, 0.717) is 57.5 Å². The third-order valence-corrected chi connectivity index (χ3v) is 9.35. The molecule has 0 atom stereocenters. The lowest BCUT2D eigenvalue weighted by molar-refractivity contribution is -0.137. The molecule has 2 aliphatic rings. The Morgan fingerprint density at radius 1 is 1.02 bits per heavy atom. The number of methoxy groups -OCH3 is 2. The fourth-order valence-corrected chi connectivity index (χ4v) is 6.52. The number of ketones is 1. The number of anilines is 1. The molecule has 12 nitrogen and oxygen atoms in total. The van der Waals surface area contributed by atoms with Gasteiger partial charge in [-0.3, -0.25) is 19.2 Å². The Balaban J connectivity index is 1.36. The first-order valence-corrected chi connectivity index (χ1v) is 15.7. The quantitative estimate of drug-likeness (QED) is 0.168. The lowest BCUT2D eigenvalue weighted by Gasteiger charge is -2.37. The van der Waals surface area contributed by atoms with Gasteiger partial charge in [0, 0.05) is 25.6 Å². The highest BCUT2D eigenvalue weighted by atomic mass is 32.2. The number of Topliss-reactive ketones (excluding diaryl/α,β-unsaturated/α-hetero) is 1. The minimum Gasteiger partial charge on any atom is -0.496 e. The van der Waals surface area contributed by atoms with Crippen LogP contribution in [0.25, 0.3) is 0 Å². The van der Waals surface area contributed by atoms with E-state index in [1.54, 1.807) is 0 Å². The molecule has 4 rings (SSSR count). The molecule has 0 radical (unpaired) electrons. The maximum absolute atomic E-state index is 13.2. The first-order valence-electron chi connectivity index (χ1n) is 14.2. The van der Waals surface area contributed by atoms with Crippen molar-refractivity contribution in [1.29, 1.82) is 0 Å². The minimum absolute atomic E-state index is 0.0400. The van der Waals surface area contributed by atoms with Gasteiger partial charge in [0.1, 0.15) is 17.0 Å². The molecule has 2 fully saturated rings. The SMILES string of the molecule is COc1cc(OC)c(C(=O)CCCCN2CCC3(CC2)NC(=O)N(CCO)C3=O)cc1NS(=O)(=O)c1ccc(C(F)(F)F)cc1. The number of likely N-dealkylation sites (tertiary alicyclic amines) is 1. The van der Waals surface area contributed by atoms with Gasteiger partial charge >= 0.3 is 12.2 Å². The van der Waals surface area contributed by atoms with Gasteiger partial charge in [-0.2, -0.15) is 13.2 Å². The second kappa shape index (κ2) is 13.6. The largest absolute Gasteiger partial charge is 0.496 e. The number of hydrogen-bond donors (Lipinski definition) is 3. The van der Waals surface area contributed by atoms with Crippen molar-refractivity contribution in [3.05, 3.63) is 47.5 Å². The van der Waals surface area contributed by atoms with E-state index in [-0.39, 0.29) is 54.0 Å². The van der Waals surface area contributed by atoms with Crippen molar-refractivity contribution in [3.8, 4) is 11.5 Å². The van der Waals surface area contributed by atoms with Gasteiger partial charge in [-0.05, 0) is 62.6 Å². The van der Waals surface area contributed by atoms with Gasteiger partial charge in [0.25, 0.3) is 15.9 Å². The molecule has 0 aliphatic carbocycles. The van der Waals surface area contributed by atoms with Crippen molar-refractivity contribution in [2.24, 2.45) is 0 Å². The van der Waals surface area contributed by atoms with Crippen molar-refractivity contribution >= 4 is 33.4 Å². The average molecular weight is 657 g/mol. The van der Waals surface area contributed by atoms with Gasteiger partial charge in [0.05, 0.1) is 49.1 Å². The third kappa shape index (κ3) is 7.50. The molecule has 0 aromatic heterocycles. The van der Waals surface area contributed by atoms with Gasteiger partial charge < -0.3 is 24.8 Å². The molecule has 16 heteroatoms. The Morgan fingerprint density at radius 2 is 1.67 bits per heavy atom. The van der Waals surface area contributed by atoms with E-state index < -0.39 is 38.2 Å². The summed E-state index contributed by atoms with van der Waals surface area (Å²) in [6.07, 6.45) is -2.47. The van der Waals surface area contributed by atoms with Crippen molar-refractivity contribution in [1.82, 2.24) is 15.1 Å². The molecule has 2 saturated heterocycles. The van der Waals surface area contributed by atoms with Crippen LogP contribution in [0.5, 0.6) is 11.5 Å². The monoisotopic (exact) mass is 656 g/mol. The number of aliphatic hydroxyl groups is 1. The molecule has 1 spiro atoms. The van der Waals surface area contributed by atoms with Crippen LogP contribution in [-0.2, 0) is 21.0 Å². The van der Waals surface area contributed by atoms with E-state index in [1.807, 2.05) is 0 Å². The van der Waals surface area contributed by atoms with Gasteiger partial charge in [-0.25, -0.2) is 13.2 Å². The summed E-state index contributed by atoms with van der Waals surface area (Å²) in [5.41, 5.74) is -1.93. The number of aliphatic hydroxyl groups excluding tert-OH is 1. The highest BCUT2D eigenvalue weighted by molar-refractivity contribution is 7.92. The highest BCUT2D eigenvalue weighted by Gasteiger charge is 2.51. The topological polar surface area (TPSA) is 155 Å². The number of carbonyl (C=O) groups is 3. The summed E-state index contributed by atoms with van der Waals surface area (Å²) >= 11 is 0. The van der Waals surface area contributed by atoms with Gasteiger partial charge in [-0.15, -0.1) is 0 Å². The number of rotatable bonds is 13. The smallest absolute Gasteiger partial charge is 0.416 e. The van der Waals surface area contributed by atoms with Crippen LogP contribution < -0.4 is 19.5 Å². The molecular weight excluding hydrogens is 621 g/mol. The second-order valence-electron chi connectivity index (χ2n) is 10.8. The molecule has 2 heterocycles. The predicted molar refractivity (Wildman–Crippen MR) is 156 cm³/mol. The maximum atomic E-state index is 13.2. The van der Waals surface area contributed by atoms with E-state index in [4.69, 9.17) is 14.6 Å². The summed E-state index contributed by atoms with van der Waals surface area (Å²) in [6, 6.07) is 5.13. The lowest BCUT2D eigenvalue weighted by Crippen LogP contribution is -2.55. The number of halogens is 3. The Bertz CT molecular complexity index is 1530. The fourth-order valence-electron chi connectivity index (χ4n) is 5.46. The summed E-state index contributed by atoms with van der Waals surface area (Å²) in [6.45, 7) is 1.45. The standard InChI is InChI=1S/C29H35F3N4O8S/c1-43-24-18-25(44-2)22(34-45(41,42)20-8-6-19(7-9-20)29(30,31)32)17-21(24)23(38)5-3-4-12-35-13-10-28(11-14-35)26(39)36(15-16-37)27(40)33-28/h6-9,17-18,34,37H,3-5,10-16H2,1-2H3,(H,33,40). The fraction of sp³-hybridized carbons (Fsp3) is 0.483. The van der Waals surface area contributed by atoms with E-state index in [2.05, 4.69) is 14.9 Å². The Kier molecular flexibility index (Phi) is 10.3. The molecule has 0 bridgehead atoms. The Morgan fingerprint density at radius 3 is 2.24 bits per heavy atom. The molecule has 2 aromatic carbocycles. The first-order chi connectivity index (χ1) is 21.2. The summed E-state index contributed by atoms with van der Waals surface area (Å²) in [7, 11) is -1.70. The van der Waals surface area contributed by atoms with E-state index in [1.165, 1.54) is 26.4 Å². The number of nitrogens with zero attached hydrogens (tertiary/aromatic N) is 2. The number of sulfonamides is 1. The summed E-state index contributed by atoms with van der Waals surface area (Å²) in [5, 5.41) is 11.9. The number of benzene rings is 2. The number of piperidine rings is 1. The number of amides is 3. The van der Waals surface area contributed by atoms with Gasteiger partial charge in [0.15, 0.2) is 5.78 Å². The van der Waals surface area contributed by atoms with Crippen LogP contribution in [0, 0.1) is 0 Å². The minimum atomic E-state index is -4.63. The number of carbonyl (C=O) groups excluding carboxylic acids is 3. The van der Waals surface area contributed by atoms with Crippen molar-refractivity contribution < 1.29 is 50.6 Å². The summed E-state index contributed by atoms with van der Waals surface area (Å²) in [5.74, 6) is -0.432. The van der Waals surface area contributed by atoms with Crippen molar-refractivity contribution in [2.75, 3.05) is 51.7 Å². The van der Waals surface area contributed by atoms with Gasteiger partial charge in [-0.1, -0.05) is 0 Å².